The Labute approximate surface area is 92.7 Å². The Hall–Kier alpha value is -0.130. The maximum atomic E-state index is 11.1. The summed E-state index contributed by atoms with van der Waals surface area (Å²) in [6.07, 6.45) is 3.92. The normalized spacial score (nSPS) is 28.3. The van der Waals surface area contributed by atoms with E-state index in [4.69, 9.17) is 5.14 Å². The average Bonchev–Trinajstić information content (AvgIpc) is 2.19. The van der Waals surface area contributed by atoms with Crippen molar-refractivity contribution in [3.05, 3.63) is 0 Å². The first-order valence-electron chi connectivity index (χ1n) is 5.74. The number of primary sulfonamides is 1. The van der Waals surface area contributed by atoms with E-state index in [1.807, 2.05) is 0 Å². The molecule has 0 spiro atoms. The molecule has 0 amide bonds. The van der Waals surface area contributed by atoms with Gasteiger partial charge in [-0.3, -0.25) is 0 Å². The molecule has 15 heavy (non-hydrogen) atoms. The van der Waals surface area contributed by atoms with Crippen molar-refractivity contribution in [1.82, 2.24) is 5.32 Å². The number of piperidine rings is 1. The number of hydrogen-bond acceptors (Lipinski definition) is 3. The molecule has 5 heteroatoms. The largest absolute Gasteiger partial charge is 0.312 e. The van der Waals surface area contributed by atoms with E-state index in [2.05, 4.69) is 19.2 Å². The Kier molecular flexibility index (Phi) is 4.55. The molecule has 0 aromatic rings. The van der Waals surface area contributed by atoms with Crippen LogP contribution in [-0.4, -0.2) is 26.3 Å². The van der Waals surface area contributed by atoms with Gasteiger partial charge in [0.2, 0.25) is 10.0 Å². The number of nitrogens with one attached hydrogen (secondary N) is 1. The lowest BCUT2D eigenvalue weighted by Crippen LogP contribution is -2.49. The minimum Gasteiger partial charge on any atom is -0.312 e. The van der Waals surface area contributed by atoms with Crippen LogP contribution in [0, 0.1) is 5.92 Å². The molecule has 90 valence electrons. The number of hydrogen-bond donors (Lipinski definition) is 2. The van der Waals surface area contributed by atoms with Gasteiger partial charge >= 0.3 is 0 Å². The minimum absolute atomic E-state index is 0.386. The highest BCUT2D eigenvalue weighted by atomic mass is 32.2. The maximum Gasteiger partial charge on any atom is 0.213 e. The highest BCUT2D eigenvalue weighted by molar-refractivity contribution is 7.89. The predicted octanol–water partition coefficient (Wildman–Crippen LogP) is 0.832. The van der Waals surface area contributed by atoms with Crippen molar-refractivity contribution in [3.63, 3.8) is 0 Å². The molecule has 1 aliphatic heterocycles. The van der Waals surface area contributed by atoms with Crippen molar-refractivity contribution in [1.29, 1.82) is 0 Å². The molecule has 1 aliphatic rings. The molecular formula is C10H22N2O2S. The molecule has 3 N–H and O–H groups in total. The fourth-order valence-electron chi connectivity index (χ4n) is 2.39. The highest BCUT2D eigenvalue weighted by Crippen LogP contribution is 2.22. The maximum absolute atomic E-state index is 11.1. The third kappa shape index (κ3) is 3.43. The Morgan fingerprint density at radius 1 is 1.33 bits per heavy atom. The minimum atomic E-state index is -3.35. The van der Waals surface area contributed by atoms with Crippen LogP contribution in [0.25, 0.3) is 0 Å². The smallest absolute Gasteiger partial charge is 0.213 e. The van der Waals surface area contributed by atoms with Crippen molar-refractivity contribution < 1.29 is 8.42 Å². The van der Waals surface area contributed by atoms with Gasteiger partial charge in [-0.2, -0.15) is 0 Å². The van der Waals surface area contributed by atoms with Gasteiger partial charge in [0.15, 0.2) is 0 Å². The van der Waals surface area contributed by atoms with E-state index >= 15 is 0 Å². The summed E-state index contributed by atoms with van der Waals surface area (Å²) in [4.78, 5) is 0. The zero-order valence-electron chi connectivity index (χ0n) is 9.57. The van der Waals surface area contributed by atoms with Gasteiger partial charge in [0, 0.05) is 12.6 Å². The van der Waals surface area contributed by atoms with E-state index in [-0.39, 0.29) is 5.25 Å². The standard InChI is InChI=1S/C10H22N2O2S/c1-3-8(4-2)10-6-5-9(7-12-10)15(11,13)14/h8-10,12H,3-7H2,1-2H3,(H2,11,13,14). The van der Waals surface area contributed by atoms with Gasteiger partial charge in [0.1, 0.15) is 0 Å². The van der Waals surface area contributed by atoms with Crippen LogP contribution in [-0.2, 0) is 10.0 Å². The molecule has 1 saturated heterocycles. The fourth-order valence-corrected chi connectivity index (χ4v) is 3.19. The first-order valence-corrected chi connectivity index (χ1v) is 7.35. The second-order valence-electron chi connectivity index (χ2n) is 4.38. The Morgan fingerprint density at radius 3 is 2.27 bits per heavy atom. The average molecular weight is 234 g/mol. The Bertz CT molecular complexity index is 278. The molecule has 0 bridgehead atoms. The van der Waals surface area contributed by atoms with Gasteiger partial charge in [-0.25, -0.2) is 13.6 Å². The lowest BCUT2D eigenvalue weighted by molar-refractivity contribution is 0.281. The Morgan fingerprint density at radius 2 is 1.93 bits per heavy atom. The van der Waals surface area contributed by atoms with Crippen molar-refractivity contribution in [2.75, 3.05) is 6.54 Å². The van der Waals surface area contributed by atoms with Crippen LogP contribution in [0.15, 0.2) is 0 Å². The molecule has 0 aromatic carbocycles. The number of nitrogens with two attached hydrogens (primary N) is 1. The second kappa shape index (κ2) is 5.27. The first kappa shape index (κ1) is 12.9. The molecular weight excluding hydrogens is 212 g/mol. The molecule has 1 heterocycles. The lowest BCUT2D eigenvalue weighted by atomic mass is 9.88. The summed E-state index contributed by atoms with van der Waals surface area (Å²) in [5.74, 6) is 0.659. The van der Waals surface area contributed by atoms with Crippen molar-refractivity contribution in [3.8, 4) is 0 Å². The summed E-state index contributed by atoms with van der Waals surface area (Å²) in [7, 11) is -3.35. The SMILES string of the molecule is CCC(CC)C1CCC(S(N)(=O)=O)CN1. The van der Waals surface area contributed by atoms with E-state index in [1.165, 1.54) is 0 Å². The summed E-state index contributed by atoms with van der Waals surface area (Å²) >= 11 is 0. The molecule has 4 nitrogen and oxygen atoms in total. The molecule has 0 aliphatic carbocycles. The van der Waals surface area contributed by atoms with Crippen LogP contribution in [0.4, 0.5) is 0 Å². The molecule has 1 rings (SSSR count). The third-order valence-corrected chi connectivity index (χ3v) is 4.82. The Balaban J connectivity index is 2.49. The zero-order valence-corrected chi connectivity index (χ0v) is 10.4. The van der Waals surface area contributed by atoms with Gasteiger partial charge in [-0.1, -0.05) is 26.7 Å². The summed E-state index contributed by atoms with van der Waals surface area (Å²) < 4.78 is 22.3. The quantitative estimate of drug-likeness (QED) is 0.757. The van der Waals surface area contributed by atoms with Crippen molar-refractivity contribution in [2.24, 2.45) is 11.1 Å². The van der Waals surface area contributed by atoms with E-state index in [1.54, 1.807) is 0 Å². The van der Waals surface area contributed by atoms with E-state index in [9.17, 15) is 8.42 Å². The van der Waals surface area contributed by atoms with E-state index in [0.717, 1.165) is 19.3 Å². The first-order chi connectivity index (χ1) is 6.99. The van der Waals surface area contributed by atoms with Crippen molar-refractivity contribution >= 4 is 10.0 Å². The van der Waals surface area contributed by atoms with Gasteiger partial charge < -0.3 is 5.32 Å². The van der Waals surface area contributed by atoms with E-state index < -0.39 is 10.0 Å². The summed E-state index contributed by atoms with van der Waals surface area (Å²) in [5, 5.41) is 8.06. The van der Waals surface area contributed by atoms with Gasteiger partial charge in [-0.05, 0) is 18.8 Å². The van der Waals surface area contributed by atoms with Crippen LogP contribution in [0.5, 0.6) is 0 Å². The highest BCUT2D eigenvalue weighted by Gasteiger charge is 2.30. The topological polar surface area (TPSA) is 72.2 Å². The van der Waals surface area contributed by atoms with Crippen LogP contribution in [0.3, 0.4) is 0 Å². The lowest BCUT2D eigenvalue weighted by Gasteiger charge is -2.33. The summed E-state index contributed by atoms with van der Waals surface area (Å²) in [6.45, 7) is 4.88. The monoisotopic (exact) mass is 234 g/mol. The molecule has 0 aromatic heterocycles. The molecule has 1 fully saturated rings. The van der Waals surface area contributed by atoms with Gasteiger partial charge in [0.25, 0.3) is 0 Å². The van der Waals surface area contributed by atoms with Crippen LogP contribution in [0.2, 0.25) is 0 Å². The second-order valence-corrected chi connectivity index (χ2v) is 6.22. The van der Waals surface area contributed by atoms with Gasteiger partial charge in [-0.15, -0.1) is 0 Å². The third-order valence-electron chi connectivity index (χ3n) is 3.49. The molecule has 0 saturated carbocycles. The number of sulfonamides is 1. The zero-order chi connectivity index (χ0) is 11.5. The fraction of sp³-hybridized carbons (Fsp3) is 1.00. The van der Waals surface area contributed by atoms with Crippen LogP contribution in [0.1, 0.15) is 39.5 Å². The predicted molar refractivity (Wildman–Crippen MR) is 62.0 cm³/mol. The van der Waals surface area contributed by atoms with Crippen molar-refractivity contribution in [2.45, 2.75) is 50.8 Å². The van der Waals surface area contributed by atoms with Crippen LogP contribution < -0.4 is 10.5 Å². The molecule has 0 radical (unpaired) electrons. The van der Waals surface area contributed by atoms with E-state index in [0.29, 0.717) is 24.9 Å². The number of rotatable bonds is 4. The summed E-state index contributed by atoms with van der Waals surface area (Å²) in [6, 6.07) is 0.470. The van der Waals surface area contributed by atoms with Gasteiger partial charge in [0.05, 0.1) is 5.25 Å². The molecule has 2 unspecified atom stereocenters. The summed E-state index contributed by atoms with van der Waals surface area (Å²) in [5.41, 5.74) is 0. The van der Waals surface area contributed by atoms with Crippen LogP contribution >= 0.6 is 0 Å². The molecule has 2 atom stereocenters.